The Balaban J connectivity index is 1.77. The van der Waals surface area contributed by atoms with Crippen molar-refractivity contribution in [1.82, 2.24) is 15.0 Å². The average molecular weight is 418 g/mol. The number of carbonyl (C=O) groups is 1. The van der Waals surface area contributed by atoms with Gasteiger partial charge in [-0.2, -0.15) is 0 Å². The lowest BCUT2D eigenvalue weighted by molar-refractivity contribution is -0.139. The van der Waals surface area contributed by atoms with Crippen LogP contribution in [0.1, 0.15) is 5.69 Å². The van der Waals surface area contributed by atoms with Crippen LogP contribution >= 0.6 is 15.9 Å². The van der Waals surface area contributed by atoms with E-state index in [0.29, 0.717) is 21.6 Å². The van der Waals surface area contributed by atoms with Crippen molar-refractivity contribution >= 4 is 21.9 Å². The fourth-order valence-electron chi connectivity index (χ4n) is 2.13. The minimum Gasteiger partial charge on any atom is -0.469 e. The van der Waals surface area contributed by atoms with E-state index in [2.05, 4.69) is 35.6 Å². The topological polar surface area (TPSA) is 74.2 Å². The first-order chi connectivity index (χ1) is 12.5. The van der Waals surface area contributed by atoms with E-state index < -0.39 is 5.82 Å². The van der Waals surface area contributed by atoms with Gasteiger partial charge in [0.2, 0.25) is 0 Å². The molecule has 2 heterocycles. The first-order valence-electron chi connectivity index (χ1n) is 7.52. The van der Waals surface area contributed by atoms with E-state index in [-0.39, 0.29) is 18.3 Å². The van der Waals surface area contributed by atoms with Crippen molar-refractivity contribution in [3.63, 3.8) is 0 Å². The Morgan fingerprint density at radius 1 is 1.19 bits per heavy atom. The maximum Gasteiger partial charge on any atom is 0.311 e. The summed E-state index contributed by atoms with van der Waals surface area (Å²) in [5, 5.41) is 0. The summed E-state index contributed by atoms with van der Waals surface area (Å²) in [6.45, 7) is 0. The van der Waals surface area contributed by atoms with E-state index in [1.165, 1.54) is 25.6 Å². The van der Waals surface area contributed by atoms with E-state index in [0.717, 1.165) is 5.56 Å². The maximum absolute atomic E-state index is 13.8. The molecule has 1 aromatic carbocycles. The summed E-state index contributed by atoms with van der Waals surface area (Å²) in [6, 6.07) is 8.15. The number of esters is 1. The van der Waals surface area contributed by atoms with Gasteiger partial charge in [-0.25, -0.2) is 14.4 Å². The van der Waals surface area contributed by atoms with Gasteiger partial charge >= 0.3 is 5.97 Å². The number of pyridine rings is 1. The van der Waals surface area contributed by atoms with Gasteiger partial charge in [0, 0.05) is 22.4 Å². The molecule has 0 atom stereocenters. The molecule has 26 heavy (non-hydrogen) atoms. The van der Waals surface area contributed by atoms with Crippen LogP contribution in [0.3, 0.4) is 0 Å². The Kier molecular flexibility index (Phi) is 5.52. The molecule has 132 valence electrons. The molecular formula is C18H13BrFN3O3. The summed E-state index contributed by atoms with van der Waals surface area (Å²) in [7, 11) is 1.32. The van der Waals surface area contributed by atoms with Crippen LogP contribution < -0.4 is 4.74 Å². The fourth-order valence-corrected chi connectivity index (χ4v) is 2.44. The molecule has 0 saturated carbocycles. The van der Waals surface area contributed by atoms with Crippen molar-refractivity contribution in [2.45, 2.75) is 6.42 Å². The molecule has 3 aromatic rings. The van der Waals surface area contributed by atoms with Gasteiger partial charge in [0.05, 0.1) is 31.1 Å². The number of hydrogen-bond donors (Lipinski definition) is 0. The van der Waals surface area contributed by atoms with Crippen molar-refractivity contribution in [3.05, 3.63) is 64.9 Å². The summed E-state index contributed by atoms with van der Waals surface area (Å²) < 4.78 is 24.4. The van der Waals surface area contributed by atoms with Gasteiger partial charge in [-0.3, -0.25) is 9.78 Å². The largest absolute Gasteiger partial charge is 0.469 e. The normalized spacial score (nSPS) is 10.4. The minimum absolute atomic E-state index is 0.0487. The summed E-state index contributed by atoms with van der Waals surface area (Å²) in [5.41, 5.74) is 1.89. The van der Waals surface area contributed by atoms with Crippen LogP contribution in [0.25, 0.3) is 11.3 Å². The van der Waals surface area contributed by atoms with Gasteiger partial charge in [-0.05, 0) is 46.3 Å². The second-order valence-corrected chi connectivity index (χ2v) is 6.13. The third-order valence-corrected chi connectivity index (χ3v) is 3.81. The zero-order valence-corrected chi connectivity index (χ0v) is 15.2. The van der Waals surface area contributed by atoms with E-state index in [4.69, 9.17) is 4.74 Å². The molecule has 6 nitrogen and oxygen atoms in total. The molecular weight excluding hydrogens is 405 g/mol. The van der Waals surface area contributed by atoms with Crippen LogP contribution in [-0.4, -0.2) is 28.0 Å². The number of aromatic nitrogens is 3. The molecule has 0 N–H and O–H groups in total. The molecule has 2 aromatic heterocycles. The lowest BCUT2D eigenvalue weighted by Gasteiger charge is -2.07. The number of carbonyl (C=O) groups excluding carboxylic acids is 1. The molecule has 0 unspecified atom stereocenters. The smallest absolute Gasteiger partial charge is 0.311 e. The highest BCUT2D eigenvalue weighted by Crippen LogP contribution is 2.26. The lowest BCUT2D eigenvalue weighted by atomic mass is 10.1. The second-order valence-electron chi connectivity index (χ2n) is 5.22. The van der Waals surface area contributed by atoms with Crippen LogP contribution in [0.15, 0.2) is 53.4 Å². The van der Waals surface area contributed by atoms with Crippen LogP contribution in [-0.2, 0) is 16.0 Å². The van der Waals surface area contributed by atoms with Crippen molar-refractivity contribution in [3.8, 4) is 22.9 Å². The molecule has 0 amide bonds. The van der Waals surface area contributed by atoms with Crippen molar-refractivity contribution in [2.24, 2.45) is 0 Å². The molecule has 8 heteroatoms. The van der Waals surface area contributed by atoms with Gasteiger partial charge < -0.3 is 9.47 Å². The van der Waals surface area contributed by atoms with Gasteiger partial charge in [-0.15, -0.1) is 0 Å². The van der Waals surface area contributed by atoms with Gasteiger partial charge in [-0.1, -0.05) is 0 Å². The molecule has 0 bridgehead atoms. The van der Waals surface area contributed by atoms with Crippen LogP contribution in [0.5, 0.6) is 11.6 Å². The number of nitrogens with zero attached hydrogens (tertiary/aromatic N) is 3. The highest BCUT2D eigenvalue weighted by atomic mass is 79.9. The third kappa shape index (κ3) is 4.40. The highest BCUT2D eigenvalue weighted by molar-refractivity contribution is 9.10. The Bertz CT molecular complexity index is 935. The molecule has 0 aliphatic rings. The average Bonchev–Trinajstić information content (AvgIpc) is 2.65. The summed E-state index contributed by atoms with van der Waals surface area (Å²) in [5.74, 6) is -0.629. The van der Waals surface area contributed by atoms with Crippen LogP contribution in [0.2, 0.25) is 0 Å². The van der Waals surface area contributed by atoms with E-state index in [1.807, 2.05) is 0 Å². The Morgan fingerprint density at radius 2 is 1.96 bits per heavy atom. The number of methoxy groups -OCH3 is 1. The molecule has 0 spiro atoms. The molecule has 0 aliphatic heterocycles. The number of hydrogen-bond acceptors (Lipinski definition) is 6. The van der Waals surface area contributed by atoms with Crippen molar-refractivity contribution in [1.29, 1.82) is 0 Å². The van der Waals surface area contributed by atoms with Gasteiger partial charge in [0.25, 0.3) is 5.88 Å². The van der Waals surface area contributed by atoms with Crippen LogP contribution in [0, 0.1) is 5.82 Å². The predicted molar refractivity (Wildman–Crippen MR) is 95.2 cm³/mol. The minimum atomic E-state index is -0.565. The number of rotatable bonds is 5. The van der Waals surface area contributed by atoms with E-state index in [9.17, 15) is 9.18 Å². The SMILES string of the molecule is COC(=O)Cc1cncc(-c2ccc(Oc3ncc(Br)cc3F)cc2)n1. The quantitative estimate of drug-likeness (QED) is 0.585. The monoisotopic (exact) mass is 417 g/mol. The predicted octanol–water partition coefficient (Wildman–Crippen LogP) is 3.95. The van der Waals surface area contributed by atoms with Crippen molar-refractivity contribution in [2.75, 3.05) is 7.11 Å². The molecule has 0 fully saturated rings. The Labute approximate surface area is 157 Å². The molecule has 0 radical (unpaired) electrons. The zero-order valence-electron chi connectivity index (χ0n) is 13.6. The maximum atomic E-state index is 13.8. The summed E-state index contributed by atoms with van der Waals surface area (Å²) >= 11 is 3.14. The van der Waals surface area contributed by atoms with Gasteiger partial charge in [0.1, 0.15) is 5.75 Å². The van der Waals surface area contributed by atoms with Gasteiger partial charge in [0.15, 0.2) is 5.82 Å². The number of benzene rings is 1. The molecule has 0 saturated heterocycles. The summed E-state index contributed by atoms with van der Waals surface area (Å²) in [6.07, 6.45) is 4.61. The van der Waals surface area contributed by atoms with Crippen LogP contribution in [0.4, 0.5) is 4.39 Å². The fraction of sp³-hybridized carbons (Fsp3) is 0.111. The molecule has 3 rings (SSSR count). The zero-order chi connectivity index (χ0) is 18.5. The standard InChI is InChI=1S/C18H13BrFN3O3/c1-25-17(24)7-13-9-21-10-16(23-13)11-2-4-14(5-3-11)26-18-15(20)6-12(19)8-22-18/h2-6,8-10H,7H2,1H3. The van der Waals surface area contributed by atoms with E-state index in [1.54, 1.807) is 30.5 Å². The van der Waals surface area contributed by atoms with Crippen molar-refractivity contribution < 1.29 is 18.7 Å². The molecule has 0 aliphatic carbocycles. The lowest BCUT2D eigenvalue weighted by Crippen LogP contribution is -2.06. The first kappa shape index (κ1) is 17.9. The Hall–Kier alpha value is -2.87. The second kappa shape index (κ2) is 8.01. The first-order valence-corrected chi connectivity index (χ1v) is 8.31. The van der Waals surface area contributed by atoms with E-state index >= 15 is 0 Å². The Morgan fingerprint density at radius 3 is 2.65 bits per heavy atom. The summed E-state index contributed by atoms with van der Waals surface area (Å²) in [4.78, 5) is 23.7. The highest BCUT2D eigenvalue weighted by Gasteiger charge is 2.09. The third-order valence-electron chi connectivity index (χ3n) is 3.38. The number of halogens is 2. The number of ether oxygens (including phenoxy) is 2.